The molecule has 0 radical (unpaired) electrons. The third-order valence-corrected chi connectivity index (χ3v) is 7.33. The number of carbonyl (C=O) groups is 1. The molecule has 0 bridgehead atoms. The zero-order valence-corrected chi connectivity index (χ0v) is 20.4. The Balaban J connectivity index is 1.28. The second kappa shape index (κ2) is 9.37. The molecule has 8 nitrogen and oxygen atoms in total. The number of carboxylic acid groups (broad SMARTS) is 1. The monoisotopic (exact) mass is 482 g/mol. The van der Waals surface area contributed by atoms with E-state index in [1.807, 2.05) is 0 Å². The molecule has 0 spiro atoms. The molecule has 1 fully saturated rings. The summed E-state index contributed by atoms with van der Waals surface area (Å²) in [7, 11) is 0. The van der Waals surface area contributed by atoms with Gasteiger partial charge < -0.3 is 20.3 Å². The molecule has 6 rings (SSSR count). The van der Waals surface area contributed by atoms with Crippen LogP contribution in [0.15, 0.2) is 48.7 Å². The smallest absolute Gasteiger partial charge is 0.339 e. The van der Waals surface area contributed by atoms with Gasteiger partial charge in [0, 0.05) is 80.6 Å². The van der Waals surface area contributed by atoms with E-state index in [1.54, 1.807) is 6.92 Å². The van der Waals surface area contributed by atoms with Crippen LogP contribution in [-0.4, -0.2) is 63.7 Å². The Labute approximate surface area is 210 Å². The van der Waals surface area contributed by atoms with Gasteiger partial charge in [-0.2, -0.15) is 0 Å². The normalized spacial score (nSPS) is 16.3. The first-order valence-electron chi connectivity index (χ1n) is 12.5. The van der Waals surface area contributed by atoms with Gasteiger partial charge in [-0.25, -0.2) is 14.8 Å². The van der Waals surface area contributed by atoms with Crippen molar-refractivity contribution in [2.75, 3.05) is 37.6 Å². The number of aromatic nitrogens is 3. The van der Waals surface area contributed by atoms with Gasteiger partial charge in [0.05, 0.1) is 11.3 Å². The fraction of sp³-hybridized carbons (Fsp3) is 0.321. The van der Waals surface area contributed by atoms with Crippen molar-refractivity contribution >= 4 is 22.8 Å². The van der Waals surface area contributed by atoms with Crippen LogP contribution < -0.4 is 10.2 Å². The van der Waals surface area contributed by atoms with Gasteiger partial charge in [-0.05, 0) is 41.8 Å². The minimum Gasteiger partial charge on any atom is -0.478 e. The molecule has 2 aromatic carbocycles. The molecule has 2 aromatic heterocycles. The minimum absolute atomic E-state index is 0.146. The highest BCUT2D eigenvalue weighted by Gasteiger charge is 2.24. The second-order valence-corrected chi connectivity index (χ2v) is 9.71. The lowest BCUT2D eigenvalue weighted by atomic mass is 9.98. The zero-order valence-electron chi connectivity index (χ0n) is 20.4. The molecule has 0 saturated carbocycles. The lowest BCUT2D eigenvalue weighted by Gasteiger charge is -2.27. The number of H-pyrrole nitrogens is 1. The van der Waals surface area contributed by atoms with Gasteiger partial charge in [0.25, 0.3) is 0 Å². The molecule has 3 N–H and O–H groups in total. The van der Waals surface area contributed by atoms with Gasteiger partial charge in [-0.1, -0.05) is 24.3 Å². The summed E-state index contributed by atoms with van der Waals surface area (Å²) in [6.07, 6.45) is 2.28. The lowest BCUT2D eigenvalue weighted by Crippen LogP contribution is -2.42. The topological polar surface area (TPSA) is 97.4 Å². The van der Waals surface area contributed by atoms with Crippen LogP contribution in [0.1, 0.15) is 32.9 Å². The van der Waals surface area contributed by atoms with Crippen molar-refractivity contribution in [3.63, 3.8) is 0 Å². The number of hydrogen-bond acceptors (Lipinski definition) is 6. The summed E-state index contributed by atoms with van der Waals surface area (Å²) >= 11 is 0. The number of nitrogens with zero attached hydrogens (tertiary/aromatic N) is 4. The molecule has 0 amide bonds. The van der Waals surface area contributed by atoms with Crippen LogP contribution in [0.3, 0.4) is 0 Å². The van der Waals surface area contributed by atoms with Crippen molar-refractivity contribution in [3.05, 3.63) is 76.7 Å². The zero-order chi connectivity index (χ0) is 24.6. The van der Waals surface area contributed by atoms with E-state index in [4.69, 9.17) is 0 Å². The number of hydrogen-bond donors (Lipinski definition) is 3. The average molecular weight is 483 g/mol. The van der Waals surface area contributed by atoms with E-state index in [1.165, 1.54) is 39.5 Å². The van der Waals surface area contributed by atoms with Gasteiger partial charge in [0.15, 0.2) is 0 Å². The molecule has 0 aliphatic carbocycles. The Morgan fingerprint density at radius 3 is 2.72 bits per heavy atom. The molecule has 4 heterocycles. The molecule has 2 aliphatic rings. The summed E-state index contributed by atoms with van der Waals surface area (Å²) in [4.78, 5) is 28.5. The largest absolute Gasteiger partial charge is 0.478 e. The van der Waals surface area contributed by atoms with E-state index >= 15 is 0 Å². The number of benzene rings is 2. The SMILES string of the molecule is Cc1nc(N2CCc3[nH]c4ccc(-c5cccc(CN6CCNCC6)c5)cc4c3C2)ncc1C(=O)O. The van der Waals surface area contributed by atoms with Crippen molar-refractivity contribution in [1.29, 1.82) is 0 Å². The van der Waals surface area contributed by atoms with Gasteiger partial charge in [-0.3, -0.25) is 4.90 Å². The number of piperazine rings is 1. The fourth-order valence-corrected chi connectivity index (χ4v) is 5.36. The molecular formula is C28H30N6O2. The van der Waals surface area contributed by atoms with Gasteiger partial charge in [0.2, 0.25) is 5.95 Å². The van der Waals surface area contributed by atoms with Crippen LogP contribution in [0.25, 0.3) is 22.0 Å². The highest BCUT2D eigenvalue weighted by Crippen LogP contribution is 2.33. The lowest BCUT2D eigenvalue weighted by molar-refractivity contribution is 0.0695. The van der Waals surface area contributed by atoms with Crippen molar-refractivity contribution in [2.24, 2.45) is 0 Å². The maximum atomic E-state index is 11.4. The molecule has 36 heavy (non-hydrogen) atoms. The highest BCUT2D eigenvalue weighted by molar-refractivity contribution is 5.90. The number of rotatable bonds is 5. The molecule has 0 unspecified atom stereocenters. The van der Waals surface area contributed by atoms with Crippen LogP contribution in [0.5, 0.6) is 0 Å². The predicted octanol–water partition coefficient (Wildman–Crippen LogP) is 3.60. The summed E-state index contributed by atoms with van der Waals surface area (Å²) in [5.74, 6) is -0.421. The van der Waals surface area contributed by atoms with Crippen LogP contribution in [0, 0.1) is 6.92 Å². The highest BCUT2D eigenvalue weighted by atomic mass is 16.4. The number of fused-ring (bicyclic) bond motifs is 3. The quantitative estimate of drug-likeness (QED) is 0.400. The van der Waals surface area contributed by atoms with E-state index in [-0.39, 0.29) is 5.56 Å². The molecule has 8 heteroatoms. The van der Waals surface area contributed by atoms with Crippen LogP contribution >= 0.6 is 0 Å². The van der Waals surface area contributed by atoms with Gasteiger partial charge in [-0.15, -0.1) is 0 Å². The van der Waals surface area contributed by atoms with E-state index < -0.39 is 5.97 Å². The second-order valence-electron chi connectivity index (χ2n) is 9.71. The first kappa shape index (κ1) is 22.7. The van der Waals surface area contributed by atoms with E-state index in [2.05, 4.69) is 72.5 Å². The van der Waals surface area contributed by atoms with Gasteiger partial charge in [0.1, 0.15) is 0 Å². The standard InChI is InChI=1S/C28H30N6O2/c1-18-23(27(35)36)15-30-28(31-18)34-10-7-26-24(17-34)22-14-21(5-6-25(22)32-26)20-4-2-3-19(13-20)16-33-11-8-29-9-12-33/h2-6,13-15,29,32H,7-12,16-17H2,1H3,(H,35,36). The maximum absolute atomic E-state index is 11.4. The molecular weight excluding hydrogens is 452 g/mol. The number of nitrogens with one attached hydrogen (secondary N) is 2. The average Bonchev–Trinajstić information content (AvgIpc) is 3.26. The number of anilines is 1. The van der Waals surface area contributed by atoms with E-state index in [0.717, 1.165) is 51.2 Å². The van der Waals surface area contributed by atoms with Crippen molar-refractivity contribution in [1.82, 2.24) is 25.2 Å². The number of aromatic carboxylic acids is 1. The maximum Gasteiger partial charge on any atom is 0.339 e. The summed E-state index contributed by atoms with van der Waals surface area (Å²) in [6.45, 7) is 8.46. The molecule has 184 valence electrons. The third kappa shape index (κ3) is 4.34. The van der Waals surface area contributed by atoms with E-state index in [0.29, 0.717) is 18.2 Å². The number of aromatic amines is 1. The summed E-state index contributed by atoms with van der Waals surface area (Å²) in [5.41, 5.74) is 8.07. The number of carboxylic acids is 1. The van der Waals surface area contributed by atoms with Crippen molar-refractivity contribution in [3.8, 4) is 11.1 Å². The van der Waals surface area contributed by atoms with Crippen LogP contribution in [-0.2, 0) is 19.5 Å². The van der Waals surface area contributed by atoms with E-state index in [9.17, 15) is 9.90 Å². The predicted molar refractivity (Wildman–Crippen MR) is 140 cm³/mol. The molecule has 0 atom stereocenters. The van der Waals surface area contributed by atoms with Crippen LogP contribution in [0.2, 0.25) is 0 Å². The summed E-state index contributed by atoms with van der Waals surface area (Å²) in [6, 6.07) is 15.5. The van der Waals surface area contributed by atoms with Gasteiger partial charge >= 0.3 is 5.97 Å². The molecule has 2 aliphatic heterocycles. The van der Waals surface area contributed by atoms with Crippen LogP contribution in [0.4, 0.5) is 5.95 Å². The Morgan fingerprint density at radius 1 is 1.08 bits per heavy atom. The fourth-order valence-electron chi connectivity index (χ4n) is 5.36. The first-order chi connectivity index (χ1) is 17.5. The van der Waals surface area contributed by atoms with Crippen molar-refractivity contribution in [2.45, 2.75) is 26.4 Å². The molecule has 1 saturated heterocycles. The Hall–Kier alpha value is -3.75. The Bertz CT molecular complexity index is 1440. The summed E-state index contributed by atoms with van der Waals surface area (Å²) in [5, 5.41) is 13.9. The van der Waals surface area contributed by atoms with Crippen molar-refractivity contribution < 1.29 is 9.90 Å². The Kier molecular flexibility index (Phi) is 5.91. The minimum atomic E-state index is -0.999. The first-order valence-corrected chi connectivity index (χ1v) is 12.5. The number of aryl methyl sites for hydroxylation is 1. The Morgan fingerprint density at radius 2 is 1.92 bits per heavy atom. The third-order valence-electron chi connectivity index (χ3n) is 7.33. The summed E-state index contributed by atoms with van der Waals surface area (Å²) < 4.78 is 0. The molecule has 4 aromatic rings.